The van der Waals surface area contributed by atoms with Gasteiger partial charge in [-0.3, -0.25) is 4.79 Å². The number of fused-ring (bicyclic) bond motifs is 2. The molecule has 1 heterocycles. The first-order valence-corrected chi connectivity index (χ1v) is 10.9. The van der Waals surface area contributed by atoms with E-state index < -0.39 is 58.1 Å². The molecule has 8 nitrogen and oxygen atoms in total. The predicted molar refractivity (Wildman–Crippen MR) is 121 cm³/mol. The van der Waals surface area contributed by atoms with Crippen molar-refractivity contribution in [3.05, 3.63) is 83.0 Å². The normalized spacial score (nSPS) is 22.1. The topological polar surface area (TPSA) is 108 Å². The van der Waals surface area contributed by atoms with Crippen LogP contribution in [-0.4, -0.2) is 54.9 Å². The smallest absolute Gasteiger partial charge is 0.432 e. The van der Waals surface area contributed by atoms with E-state index in [2.05, 4.69) is 0 Å². The van der Waals surface area contributed by atoms with E-state index in [-0.39, 0.29) is 11.3 Å². The lowest BCUT2D eigenvalue weighted by molar-refractivity contribution is -0.279. The number of aryl methyl sites for hydroxylation is 1. The van der Waals surface area contributed by atoms with Gasteiger partial charge in [0.25, 0.3) is 11.2 Å². The van der Waals surface area contributed by atoms with Gasteiger partial charge in [0.2, 0.25) is 5.78 Å². The maximum absolute atomic E-state index is 14.4. The molecular formula is C26H21F3O8. The van der Waals surface area contributed by atoms with E-state index >= 15 is 0 Å². The Morgan fingerprint density at radius 3 is 2.38 bits per heavy atom. The summed E-state index contributed by atoms with van der Waals surface area (Å²) in [5, 5.41) is 10.4. The molecule has 1 aliphatic heterocycles. The van der Waals surface area contributed by atoms with Crippen molar-refractivity contribution >= 4 is 17.7 Å². The highest BCUT2D eigenvalue weighted by molar-refractivity contribution is 6.18. The van der Waals surface area contributed by atoms with Crippen LogP contribution in [0.3, 0.4) is 0 Å². The molecule has 3 atom stereocenters. The maximum Gasteiger partial charge on any atom is 0.432 e. The summed E-state index contributed by atoms with van der Waals surface area (Å²) in [6.45, 7) is 1.58. The summed E-state index contributed by atoms with van der Waals surface area (Å²) in [5.74, 6) is -4.64. The largest absolute Gasteiger partial charge is 0.507 e. The molecule has 11 heteroatoms. The number of methoxy groups -OCH3 is 2. The van der Waals surface area contributed by atoms with Crippen molar-refractivity contribution < 1.29 is 51.6 Å². The van der Waals surface area contributed by atoms with Crippen molar-refractivity contribution in [1.29, 1.82) is 0 Å². The number of ketones is 1. The second-order valence-corrected chi connectivity index (χ2v) is 8.36. The van der Waals surface area contributed by atoms with Crippen LogP contribution in [0.1, 0.15) is 21.5 Å². The van der Waals surface area contributed by atoms with Crippen molar-refractivity contribution in [1.82, 2.24) is 0 Å². The number of hydrogen-bond donors (Lipinski definition) is 1. The summed E-state index contributed by atoms with van der Waals surface area (Å²) >= 11 is 0. The molecule has 0 unspecified atom stereocenters. The van der Waals surface area contributed by atoms with Crippen LogP contribution < -0.4 is 4.74 Å². The van der Waals surface area contributed by atoms with Crippen LogP contribution in [0.5, 0.6) is 11.5 Å². The highest BCUT2D eigenvalue weighted by Gasteiger charge is 2.67. The van der Waals surface area contributed by atoms with Gasteiger partial charge in [-0.1, -0.05) is 42.5 Å². The molecule has 1 N–H and O–H groups in total. The van der Waals surface area contributed by atoms with Crippen LogP contribution in [0.15, 0.2) is 66.3 Å². The van der Waals surface area contributed by atoms with E-state index in [1.54, 1.807) is 6.92 Å². The second-order valence-electron chi connectivity index (χ2n) is 8.36. The SMILES string of the molecule is COC(=O)[C@]12Oc3cc(C)cc(O)c3C(=O)C1=CC=C[C@H]2OC(=O)[C@](OC)(c1ccccc1)C(F)(F)F. The number of hydrogen-bond acceptors (Lipinski definition) is 8. The number of allylic oxidation sites excluding steroid dienone is 2. The fourth-order valence-electron chi connectivity index (χ4n) is 4.50. The van der Waals surface area contributed by atoms with Gasteiger partial charge < -0.3 is 24.1 Å². The summed E-state index contributed by atoms with van der Waals surface area (Å²) in [5.41, 5.74) is -6.83. The number of aromatic hydroxyl groups is 1. The number of Topliss-reactive ketones (excluding diaryl/α,β-unsaturated/α-hetero) is 1. The number of benzene rings is 2. The van der Waals surface area contributed by atoms with E-state index in [4.69, 9.17) is 18.9 Å². The zero-order valence-corrected chi connectivity index (χ0v) is 19.8. The van der Waals surface area contributed by atoms with Gasteiger partial charge in [0.1, 0.15) is 17.1 Å². The van der Waals surface area contributed by atoms with Gasteiger partial charge in [-0.15, -0.1) is 0 Å². The monoisotopic (exact) mass is 518 g/mol. The van der Waals surface area contributed by atoms with Gasteiger partial charge in [0.15, 0.2) is 6.10 Å². The van der Waals surface area contributed by atoms with E-state index in [1.807, 2.05) is 0 Å². The minimum Gasteiger partial charge on any atom is -0.507 e. The van der Waals surface area contributed by atoms with Gasteiger partial charge in [0.05, 0.1) is 12.7 Å². The van der Waals surface area contributed by atoms with Gasteiger partial charge in [-0.25, -0.2) is 9.59 Å². The Morgan fingerprint density at radius 1 is 1.11 bits per heavy atom. The standard InChI is InChI=1S/C26H21F3O8/c1-14-12-17(30)20-18(13-14)37-24(22(32)34-2)16(21(20)31)10-7-11-19(24)36-23(33)25(35-3,26(27,28)29)15-8-5-4-6-9-15/h4-13,19,30H,1-3H3/t19-,24+,25-/m1/s1. The third kappa shape index (κ3) is 3.77. The van der Waals surface area contributed by atoms with Crippen LogP contribution in [0.4, 0.5) is 13.2 Å². The maximum atomic E-state index is 14.4. The number of phenols is 1. The van der Waals surface area contributed by atoms with Crippen LogP contribution in [0.2, 0.25) is 0 Å². The molecule has 2 aromatic carbocycles. The molecule has 0 radical (unpaired) electrons. The summed E-state index contributed by atoms with van der Waals surface area (Å²) in [4.78, 5) is 39.8. The Kier molecular flexibility index (Phi) is 6.37. The number of ether oxygens (including phenoxy) is 4. The molecule has 0 saturated carbocycles. The fraction of sp³-hybridized carbons (Fsp3) is 0.269. The Bertz CT molecular complexity index is 1330. The third-order valence-electron chi connectivity index (χ3n) is 6.21. The summed E-state index contributed by atoms with van der Waals surface area (Å²) in [6, 6.07) is 8.76. The molecule has 4 rings (SSSR count). The van der Waals surface area contributed by atoms with Gasteiger partial charge in [-0.2, -0.15) is 13.2 Å². The Morgan fingerprint density at radius 2 is 1.78 bits per heavy atom. The molecule has 0 spiro atoms. The number of phenolic OH excluding ortho intramolecular Hbond substituents is 1. The minimum atomic E-state index is -5.28. The number of esters is 2. The first-order valence-electron chi connectivity index (χ1n) is 10.9. The highest BCUT2D eigenvalue weighted by Crippen LogP contribution is 2.48. The Balaban J connectivity index is 1.86. The zero-order chi connectivity index (χ0) is 27.2. The zero-order valence-electron chi connectivity index (χ0n) is 19.8. The molecule has 1 aliphatic carbocycles. The summed E-state index contributed by atoms with van der Waals surface area (Å²) in [6.07, 6.45) is -3.68. The van der Waals surface area contributed by atoms with E-state index in [9.17, 15) is 32.7 Å². The van der Waals surface area contributed by atoms with Gasteiger partial charge in [0, 0.05) is 12.7 Å². The molecule has 2 aromatic rings. The molecule has 2 aliphatic rings. The number of carbonyl (C=O) groups is 3. The van der Waals surface area contributed by atoms with Crippen LogP contribution >= 0.6 is 0 Å². The summed E-state index contributed by atoms with van der Waals surface area (Å²) < 4.78 is 64.0. The Labute approximate surface area is 208 Å². The molecular weight excluding hydrogens is 497 g/mol. The van der Waals surface area contributed by atoms with Crippen molar-refractivity contribution in [2.45, 2.75) is 30.4 Å². The quantitative estimate of drug-likeness (QED) is 0.597. The number of carbonyl (C=O) groups excluding carboxylic acids is 3. The molecule has 0 aromatic heterocycles. The van der Waals surface area contributed by atoms with Crippen LogP contribution in [0, 0.1) is 6.92 Å². The van der Waals surface area contributed by atoms with Gasteiger partial charge in [-0.05, 0) is 30.7 Å². The number of alkyl halides is 3. The molecule has 0 amide bonds. The first kappa shape index (κ1) is 26.0. The fourth-order valence-corrected chi connectivity index (χ4v) is 4.50. The summed E-state index contributed by atoms with van der Waals surface area (Å²) in [7, 11) is 1.67. The van der Waals surface area contributed by atoms with Crippen molar-refractivity contribution in [3.8, 4) is 11.5 Å². The highest BCUT2D eigenvalue weighted by atomic mass is 19.4. The molecule has 37 heavy (non-hydrogen) atoms. The second kappa shape index (κ2) is 9.07. The number of halogens is 3. The molecule has 0 saturated heterocycles. The van der Waals surface area contributed by atoms with E-state index in [0.717, 1.165) is 25.3 Å². The lowest BCUT2D eigenvalue weighted by Gasteiger charge is -2.43. The van der Waals surface area contributed by atoms with Crippen molar-refractivity contribution in [3.63, 3.8) is 0 Å². The van der Waals surface area contributed by atoms with E-state index in [0.29, 0.717) is 12.7 Å². The van der Waals surface area contributed by atoms with Crippen LogP contribution in [0.25, 0.3) is 0 Å². The lowest BCUT2D eigenvalue weighted by Crippen LogP contribution is -2.62. The van der Waals surface area contributed by atoms with Crippen molar-refractivity contribution in [2.75, 3.05) is 14.2 Å². The van der Waals surface area contributed by atoms with Crippen LogP contribution in [-0.2, 0) is 29.4 Å². The lowest BCUT2D eigenvalue weighted by atomic mass is 9.77. The van der Waals surface area contributed by atoms with E-state index in [1.165, 1.54) is 42.5 Å². The first-order chi connectivity index (χ1) is 17.4. The van der Waals surface area contributed by atoms with Crippen molar-refractivity contribution in [2.24, 2.45) is 0 Å². The van der Waals surface area contributed by atoms with Gasteiger partial charge >= 0.3 is 18.1 Å². The minimum absolute atomic E-state index is 0.238. The molecule has 194 valence electrons. The average molecular weight is 518 g/mol. The third-order valence-corrected chi connectivity index (χ3v) is 6.21. The predicted octanol–water partition coefficient (Wildman–Crippen LogP) is 3.70. The molecule has 0 fully saturated rings. The average Bonchev–Trinajstić information content (AvgIpc) is 2.84. The molecule has 0 bridgehead atoms. The number of rotatable bonds is 5. The Hall–Kier alpha value is -4.12.